The van der Waals surface area contributed by atoms with Crippen molar-refractivity contribution in [3.63, 3.8) is 0 Å². The minimum absolute atomic E-state index is 0.101. The summed E-state index contributed by atoms with van der Waals surface area (Å²) in [5, 5.41) is 3.40. The predicted octanol–water partition coefficient (Wildman–Crippen LogP) is 4.07. The number of carbonyl (C=O) groups is 1. The van der Waals surface area contributed by atoms with E-state index in [0.29, 0.717) is 23.7 Å². The Labute approximate surface area is 161 Å². The van der Waals surface area contributed by atoms with Crippen molar-refractivity contribution >= 4 is 34.4 Å². The molecule has 0 spiro atoms. The summed E-state index contributed by atoms with van der Waals surface area (Å²) in [4.78, 5) is 17.3. The van der Waals surface area contributed by atoms with Crippen molar-refractivity contribution in [3.05, 3.63) is 55.1 Å². The van der Waals surface area contributed by atoms with Crippen LogP contribution in [0, 0.1) is 0 Å². The van der Waals surface area contributed by atoms with E-state index in [9.17, 15) is 4.79 Å². The van der Waals surface area contributed by atoms with Crippen molar-refractivity contribution in [2.24, 2.45) is 0 Å². The fraction of sp³-hybridized carbons (Fsp3) is 0.200. The monoisotopic (exact) mass is 381 g/mol. The van der Waals surface area contributed by atoms with Gasteiger partial charge in [-0.15, -0.1) is 6.58 Å². The van der Waals surface area contributed by atoms with Gasteiger partial charge in [-0.25, -0.2) is 4.98 Å². The van der Waals surface area contributed by atoms with Gasteiger partial charge < -0.3 is 19.4 Å². The Hall–Kier alpha value is -2.93. The number of ether oxygens (including phenoxy) is 2. The number of anilines is 1. The number of para-hydroxylation sites is 2. The quantitative estimate of drug-likeness (QED) is 0.515. The molecule has 0 saturated carbocycles. The zero-order chi connectivity index (χ0) is 18.8. The zero-order valence-corrected chi connectivity index (χ0v) is 15.7. The lowest BCUT2D eigenvalue weighted by Crippen LogP contribution is -2.22. The third-order valence-corrected chi connectivity index (χ3v) is 5.31. The summed E-state index contributed by atoms with van der Waals surface area (Å²) in [5.74, 6) is 1.23. The van der Waals surface area contributed by atoms with Crippen LogP contribution in [0.2, 0.25) is 0 Å². The van der Waals surface area contributed by atoms with E-state index in [-0.39, 0.29) is 18.0 Å². The van der Waals surface area contributed by atoms with Gasteiger partial charge in [-0.3, -0.25) is 4.79 Å². The van der Waals surface area contributed by atoms with Gasteiger partial charge in [0.2, 0.25) is 12.7 Å². The van der Waals surface area contributed by atoms with E-state index in [2.05, 4.69) is 21.4 Å². The number of imidazole rings is 1. The van der Waals surface area contributed by atoms with Gasteiger partial charge in [0.1, 0.15) is 0 Å². The molecule has 1 amide bonds. The molecule has 2 aromatic carbocycles. The number of amides is 1. The third kappa shape index (κ3) is 3.50. The van der Waals surface area contributed by atoms with E-state index in [1.54, 1.807) is 18.2 Å². The van der Waals surface area contributed by atoms with E-state index in [4.69, 9.17) is 9.47 Å². The topological polar surface area (TPSA) is 65.4 Å². The fourth-order valence-corrected chi connectivity index (χ4v) is 3.81. The first kappa shape index (κ1) is 17.5. The molecule has 0 saturated heterocycles. The number of hydrogen-bond acceptors (Lipinski definition) is 5. The van der Waals surface area contributed by atoms with Gasteiger partial charge in [-0.2, -0.15) is 0 Å². The zero-order valence-electron chi connectivity index (χ0n) is 14.8. The number of allylic oxidation sites excluding steroid dienone is 1. The van der Waals surface area contributed by atoms with Crippen molar-refractivity contribution < 1.29 is 14.3 Å². The number of rotatable bonds is 6. The molecule has 0 bridgehead atoms. The molecule has 3 aromatic rings. The maximum absolute atomic E-state index is 12.6. The summed E-state index contributed by atoms with van der Waals surface area (Å²) >= 11 is 1.42. The van der Waals surface area contributed by atoms with Gasteiger partial charge in [0, 0.05) is 18.3 Å². The van der Waals surface area contributed by atoms with Gasteiger partial charge in [-0.1, -0.05) is 30.0 Å². The summed E-state index contributed by atoms with van der Waals surface area (Å²) in [6.07, 6.45) is 1.83. The van der Waals surface area contributed by atoms with Gasteiger partial charge in [-0.05, 0) is 31.2 Å². The molecule has 1 aromatic heterocycles. The van der Waals surface area contributed by atoms with E-state index >= 15 is 0 Å². The van der Waals surface area contributed by atoms with Crippen LogP contribution in [0.1, 0.15) is 6.92 Å². The Bertz CT molecular complexity index is 1010. The number of nitrogens with zero attached hydrogens (tertiary/aromatic N) is 2. The Morgan fingerprint density at radius 1 is 1.33 bits per heavy atom. The van der Waals surface area contributed by atoms with Crippen LogP contribution >= 0.6 is 11.8 Å². The van der Waals surface area contributed by atoms with Crippen LogP contribution in [-0.4, -0.2) is 27.5 Å². The summed E-state index contributed by atoms with van der Waals surface area (Å²) in [6.45, 7) is 6.53. The van der Waals surface area contributed by atoms with Crippen LogP contribution in [0.3, 0.4) is 0 Å². The van der Waals surface area contributed by atoms with E-state index in [0.717, 1.165) is 16.2 Å². The normalized spacial score (nSPS) is 13.5. The van der Waals surface area contributed by atoms with Crippen LogP contribution < -0.4 is 14.8 Å². The Morgan fingerprint density at radius 3 is 3.00 bits per heavy atom. The molecule has 7 heteroatoms. The molecule has 1 N–H and O–H groups in total. The number of carbonyl (C=O) groups excluding carboxylic acids is 1. The summed E-state index contributed by atoms with van der Waals surface area (Å²) in [7, 11) is 0. The second kappa shape index (κ2) is 7.36. The third-order valence-electron chi connectivity index (χ3n) is 4.22. The van der Waals surface area contributed by atoms with Crippen molar-refractivity contribution in [1.82, 2.24) is 9.55 Å². The maximum Gasteiger partial charge on any atom is 0.237 e. The lowest BCUT2D eigenvalue weighted by atomic mass is 10.2. The molecule has 0 radical (unpaired) electrons. The molecular weight excluding hydrogens is 362 g/mol. The molecule has 0 aliphatic carbocycles. The highest BCUT2D eigenvalue weighted by molar-refractivity contribution is 8.00. The summed E-state index contributed by atoms with van der Waals surface area (Å²) < 4.78 is 12.7. The molecule has 6 nitrogen and oxygen atoms in total. The lowest BCUT2D eigenvalue weighted by Gasteiger charge is -2.13. The first-order chi connectivity index (χ1) is 13.2. The summed E-state index contributed by atoms with van der Waals surface area (Å²) in [5.41, 5.74) is 2.62. The molecule has 1 aliphatic rings. The molecule has 138 valence electrons. The predicted molar refractivity (Wildman–Crippen MR) is 106 cm³/mol. The molecule has 0 fully saturated rings. The first-order valence-corrected chi connectivity index (χ1v) is 9.47. The number of benzene rings is 2. The SMILES string of the molecule is C=CCn1c(SC(C)C(=O)Nc2ccc3c(c2)OCO3)nc2ccccc21. The number of aromatic nitrogens is 2. The van der Waals surface area contributed by atoms with Crippen molar-refractivity contribution in [3.8, 4) is 11.5 Å². The number of hydrogen-bond donors (Lipinski definition) is 1. The van der Waals surface area contributed by atoms with Crippen LogP contribution in [0.4, 0.5) is 5.69 Å². The molecule has 1 unspecified atom stereocenters. The van der Waals surface area contributed by atoms with Crippen molar-refractivity contribution in [2.75, 3.05) is 12.1 Å². The fourth-order valence-electron chi connectivity index (χ4n) is 2.88. The van der Waals surface area contributed by atoms with Gasteiger partial charge >= 0.3 is 0 Å². The molecule has 1 atom stereocenters. The molecule has 2 heterocycles. The highest BCUT2D eigenvalue weighted by Gasteiger charge is 2.20. The number of thioether (sulfide) groups is 1. The van der Waals surface area contributed by atoms with Gasteiger partial charge in [0.15, 0.2) is 16.7 Å². The number of nitrogens with one attached hydrogen (secondary N) is 1. The second-order valence-electron chi connectivity index (χ2n) is 6.10. The summed E-state index contributed by atoms with van der Waals surface area (Å²) in [6, 6.07) is 13.3. The Balaban J connectivity index is 1.51. The Kier molecular flexibility index (Phi) is 4.77. The lowest BCUT2D eigenvalue weighted by molar-refractivity contribution is -0.115. The molecule has 27 heavy (non-hydrogen) atoms. The van der Waals surface area contributed by atoms with Crippen LogP contribution in [-0.2, 0) is 11.3 Å². The van der Waals surface area contributed by atoms with Crippen molar-refractivity contribution in [2.45, 2.75) is 23.9 Å². The van der Waals surface area contributed by atoms with Crippen LogP contribution in [0.15, 0.2) is 60.3 Å². The molecule has 1 aliphatic heterocycles. The Morgan fingerprint density at radius 2 is 2.15 bits per heavy atom. The second-order valence-corrected chi connectivity index (χ2v) is 7.41. The van der Waals surface area contributed by atoms with Crippen molar-refractivity contribution in [1.29, 1.82) is 0 Å². The average molecular weight is 381 g/mol. The average Bonchev–Trinajstić information content (AvgIpc) is 3.26. The van der Waals surface area contributed by atoms with Crippen LogP contribution in [0.25, 0.3) is 11.0 Å². The minimum Gasteiger partial charge on any atom is -0.454 e. The van der Waals surface area contributed by atoms with Gasteiger partial charge in [0.05, 0.1) is 16.3 Å². The van der Waals surface area contributed by atoms with E-state index in [1.807, 2.05) is 37.3 Å². The largest absolute Gasteiger partial charge is 0.454 e. The smallest absolute Gasteiger partial charge is 0.237 e. The minimum atomic E-state index is -0.323. The van der Waals surface area contributed by atoms with E-state index in [1.165, 1.54) is 11.8 Å². The first-order valence-electron chi connectivity index (χ1n) is 8.59. The standard InChI is InChI=1S/C20H19N3O3S/c1-3-10-23-16-7-5-4-6-15(16)22-20(23)27-13(2)19(24)21-14-8-9-17-18(11-14)26-12-25-17/h3-9,11,13H,1,10,12H2,2H3,(H,21,24). The number of fused-ring (bicyclic) bond motifs is 2. The maximum atomic E-state index is 12.6. The highest BCUT2D eigenvalue weighted by atomic mass is 32.2. The van der Waals surface area contributed by atoms with Gasteiger partial charge in [0.25, 0.3) is 0 Å². The van der Waals surface area contributed by atoms with Crippen LogP contribution in [0.5, 0.6) is 11.5 Å². The molecular formula is C20H19N3O3S. The van der Waals surface area contributed by atoms with E-state index < -0.39 is 0 Å². The highest BCUT2D eigenvalue weighted by Crippen LogP contribution is 2.34. The molecule has 4 rings (SSSR count).